The van der Waals surface area contributed by atoms with Gasteiger partial charge in [0.05, 0.1) is 0 Å². The molecule has 1 radical (unpaired) electrons. The fourth-order valence-electron chi connectivity index (χ4n) is 0.371. The standard InChI is InChI=1S/C5H8FO2/c1-2-3-4(6)5(7)8/h4H,2-3H2,1H3. The van der Waals surface area contributed by atoms with Crippen molar-refractivity contribution in [2.75, 3.05) is 0 Å². The van der Waals surface area contributed by atoms with Gasteiger partial charge in [-0.15, -0.1) is 0 Å². The van der Waals surface area contributed by atoms with E-state index in [2.05, 4.69) is 0 Å². The molecule has 8 heavy (non-hydrogen) atoms. The van der Waals surface area contributed by atoms with Gasteiger partial charge in [0.15, 0.2) is 0 Å². The summed E-state index contributed by atoms with van der Waals surface area (Å²) < 4.78 is 11.9. The highest BCUT2D eigenvalue weighted by atomic mass is 19.1. The van der Waals surface area contributed by atoms with E-state index in [1.165, 1.54) is 0 Å². The van der Waals surface area contributed by atoms with Gasteiger partial charge in [0.2, 0.25) is 6.17 Å². The van der Waals surface area contributed by atoms with Crippen LogP contribution in [0.25, 0.3) is 0 Å². The molecule has 0 saturated carbocycles. The molecule has 3 heteroatoms. The first-order chi connectivity index (χ1) is 3.68. The maximum absolute atomic E-state index is 11.9. The van der Waals surface area contributed by atoms with E-state index >= 15 is 0 Å². The van der Waals surface area contributed by atoms with Crippen molar-refractivity contribution in [3.8, 4) is 0 Å². The molecule has 0 amide bonds. The third-order valence-electron chi connectivity index (χ3n) is 0.798. The molecular formula is C5H8FO2. The summed E-state index contributed by atoms with van der Waals surface area (Å²) in [5.41, 5.74) is 0. The molecule has 0 aromatic carbocycles. The van der Waals surface area contributed by atoms with Crippen LogP contribution in [0.4, 0.5) is 4.39 Å². The second-order valence-corrected chi connectivity index (χ2v) is 1.58. The number of alkyl halides is 1. The number of hydrogen-bond donors (Lipinski definition) is 0. The van der Waals surface area contributed by atoms with Gasteiger partial charge < -0.3 is 0 Å². The lowest BCUT2D eigenvalue weighted by molar-refractivity contribution is -0.149. The highest BCUT2D eigenvalue weighted by molar-refractivity contribution is 5.71. The summed E-state index contributed by atoms with van der Waals surface area (Å²) in [6.07, 6.45) is -1.18. The van der Waals surface area contributed by atoms with Gasteiger partial charge in [-0.05, 0) is 6.42 Å². The third-order valence-corrected chi connectivity index (χ3v) is 0.798. The predicted molar refractivity (Wildman–Crippen MR) is 25.5 cm³/mol. The van der Waals surface area contributed by atoms with E-state index in [1.54, 1.807) is 6.92 Å². The Morgan fingerprint density at radius 3 is 2.38 bits per heavy atom. The Bertz CT molecular complexity index is 82.5. The van der Waals surface area contributed by atoms with Crippen molar-refractivity contribution in [3.63, 3.8) is 0 Å². The number of hydrogen-bond acceptors (Lipinski definition) is 1. The molecule has 0 bridgehead atoms. The molecule has 0 heterocycles. The minimum absolute atomic E-state index is 0.0579. The lowest BCUT2D eigenvalue weighted by Gasteiger charge is -1.93. The largest absolute Gasteiger partial charge is 0.389 e. The van der Waals surface area contributed by atoms with E-state index in [4.69, 9.17) is 0 Å². The SMILES string of the molecule is CCCC(F)C([O])=O. The molecule has 0 aromatic rings. The molecule has 0 aromatic heterocycles. The summed E-state index contributed by atoms with van der Waals surface area (Å²) in [5, 5.41) is 9.60. The number of carbonyl (C=O) groups excluding carboxylic acids is 1. The second-order valence-electron chi connectivity index (χ2n) is 1.58. The fraction of sp³-hybridized carbons (Fsp3) is 0.800. The normalized spacial score (nSPS) is 13.2. The average molecular weight is 119 g/mol. The van der Waals surface area contributed by atoms with Crippen LogP contribution in [0.2, 0.25) is 0 Å². The summed E-state index contributed by atoms with van der Waals surface area (Å²) in [6, 6.07) is 0. The summed E-state index contributed by atoms with van der Waals surface area (Å²) in [7, 11) is 0. The zero-order valence-electron chi connectivity index (χ0n) is 4.69. The molecule has 0 aliphatic heterocycles. The van der Waals surface area contributed by atoms with Gasteiger partial charge in [-0.3, -0.25) is 0 Å². The Morgan fingerprint density at radius 2 is 2.25 bits per heavy atom. The van der Waals surface area contributed by atoms with E-state index < -0.39 is 12.1 Å². The molecule has 1 unspecified atom stereocenters. The lowest BCUT2D eigenvalue weighted by atomic mass is 10.2. The molecule has 0 rings (SSSR count). The van der Waals surface area contributed by atoms with Gasteiger partial charge in [-0.1, -0.05) is 13.3 Å². The van der Waals surface area contributed by atoms with Crippen molar-refractivity contribution >= 4 is 5.97 Å². The van der Waals surface area contributed by atoms with E-state index in [1.807, 2.05) is 0 Å². The van der Waals surface area contributed by atoms with Gasteiger partial charge in [-0.25, -0.2) is 14.3 Å². The molecule has 1 atom stereocenters. The Balaban J connectivity index is 3.32. The molecule has 0 fully saturated rings. The molecule has 0 saturated heterocycles. The van der Waals surface area contributed by atoms with Gasteiger partial charge in [0, 0.05) is 0 Å². The van der Waals surface area contributed by atoms with E-state index in [0.717, 1.165) is 0 Å². The van der Waals surface area contributed by atoms with Crippen molar-refractivity contribution in [3.05, 3.63) is 0 Å². The quantitative estimate of drug-likeness (QED) is 0.547. The topological polar surface area (TPSA) is 37.0 Å². The van der Waals surface area contributed by atoms with E-state index in [0.29, 0.717) is 6.42 Å². The summed E-state index contributed by atoms with van der Waals surface area (Å²) in [6.45, 7) is 1.72. The smallest absolute Gasteiger partial charge is 0.244 e. The highest BCUT2D eigenvalue weighted by Gasteiger charge is 2.15. The molecule has 47 valence electrons. The van der Waals surface area contributed by atoms with Crippen molar-refractivity contribution < 1.29 is 14.3 Å². The Morgan fingerprint density at radius 1 is 1.75 bits per heavy atom. The molecule has 0 aliphatic carbocycles. The van der Waals surface area contributed by atoms with Crippen LogP contribution in [0.15, 0.2) is 0 Å². The first-order valence-electron chi connectivity index (χ1n) is 2.53. The van der Waals surface area contributed by atoms with Gasteiger partial charge in [0.1, 0.15) is 0 Å². The minimum Gasteiger partial charge on any atom is -0.244 e. The predicted octanol–water partition coefficient (Wildman–Crippen LogP) is 1.08. The Hall–Kier alpha value is -0.600. The van der Waals surface area contributed by atoms with Crippen molar-refractivity contribution in [1.29, 1.82) is 0 Å². The lowest BCUT2D eigenvalue weighted by Crippen LogP contribution is -2.11. The van der Waals surface area contributed by atoms with E-state index in [-0.39, 0.29) is 6.42 Å². The Labute approximate surface area is 47.3 Å². The zero-order chi connectivity index (χ0) is 6.57. The first-order valence-corrected chi connectivity index (χ1v) is 2.53. The van der Waals surface area contributed by atoms with Gasteiger partial charge in [-0.2, -0.15) is 0 Å². The molecule has 0 aliphatic rings. The second kappa shape index (κ2) is 3.41. The van der Waals surface area contributed by atoms with Crippen LogP contribution >= 0.6 is 0 Å². The van der Waals surface area contributed by atoms with Gasteiger partial charge >= 0.3 is 5.97 Å². The van der Waals surface area contributed by atoms with Crippen LogP contribution < -0.4 is 0 Å². The first kappa shape index (κ1) is 7.40. The van der Waals surface area contributed by atoms with Crippen molar-refractivity contribution in [2.24, 2.45) is 0 Å². The molecular weight excluding hydrogens is 111 g/mol. The van der Waals surface area contributed by atoms with Crippen molar-refractivity contribution in [2.45, 2.75) is 25.9 Å². The van der Waals surface area contributed by atoms with Crippen LogP contribution in [0.5, 0.6) is 0 Å². The fourth-order valence-corrected chi connectivity index (χ4v) is 0.371. The van der Waals surface area contributed by atoms with E-state index in [9.17, 15) is 14.3 Å². The summed E-state index contributed by atoms with van der Waals surface area (Å²) >= 11 is 0. The monoisotopic (exact) mass is 119 g/mol. The number of rotatable bonds is 3. The third kappa shape index (κ3) is 2.55. The molecule has 2 nitrogen and oxygen atoms in total. The maximum Gasteiger partial charge on any atom is 0.389 e. The van der Waals surface area contributed by atoms with Crippen LogP contribution in [0, 0.1) is 0 Å². The van der Waals surface area contributed by atoms with Crippen LogP contribution in [-0.2, 0) is 9.90 Å². The zero-order valence-corrected chi connectivity index (χ0v) is 4.69. The summed E-state index contributed by atoms with van der Waals surface area (Å²) in [4.78, 5) is 9.60. The highest BCUT2D eigenvalue weighted by Crippen LogP contribution is 2.00. The van der Waals surface area contributed by atoms with Gasteiger partial charge in [0.25, 0.3) is 0 Å². The number of halogens is 1. The average Bonchev–Trinajstić information content (AvgIpc) is 1.67. The minimum atomic E-state index is -1.78. The Kier molecular flexibility index (Phi) is 3.15. The van der Waals surface area contributed by atoms with Crippen molar-refractivity contribution in [1.82, 2.24) is 0 Å². The molecule has 0 spiro atoms. The maximum atomic E-state index is 11.9. The van der Waals surface area contributed by atoms with Crippen LogP contribution in [0.3, 0.4) is 0 Å². The van der Waals surface area contributed by atoms with Crippen LogP contribution in [0.1, 0.15) is 19.8 Å². The van der Waals surface area contributed by atoms with Crippen LogP contribution in [-0.4, -0.2) is 12.1 Å². The molecule has 0 N–H and O–H groups in total. The summed E-state index contributed by atoms with van der Waals surface area (Å²) in [5.74, 6) is -1.60. The number of carbonyl (C=O) groups is 1.